The molecular weight excluding hydrogens is 474 g/mol. The number of hydrogen-bond donors (Lipinski definition) is 1. The molecule has 1 aromatic heterocycles. The predicted molar refractivity (Wildman–Crippen MR) is 140 cm³/mol. The van der Waals surface area contributed by atoms with E-state index in [1.165, 1.54) is 0 Å². The summed E-state index contributed by atoms with van der Waals surface area (Å²) in [6, 6.07) is 31.8. The smallest absolute Gasteiger partial charge is 0.163 e. The molecule has 1 atom stereocenters. The van der Waals surface area contributed by atoms with Crippen molar-refractivity contribution >= 4 is 17.4 Å². The van der Waals surface area contributed by atoms with Gasteiger partial charge in [0, 0.05) is 19.2 Å². The lowest BCUT2D eigenvalue weighted by atomic mass is 9.80. The van der Waals surface area contributed by atoms with Crippen LogP contribution < -0.4 is 4.90 Å². The maximum Gasteiger partial charge on any atom is 0.163 e. The van der Waals surface area contributed by atoms with E-state index in [0.717, 1.165) is 16.7 Å². The van der Waals surface area contributed by atoms with Gasteiger partial charge in [-0.25, -0.2) is 9.97 Å². The molecule has 1 saturated heterocycles. The highest BCUT2D eigenvalue weighted by Crippen LogP contribution is 2.41. The zero-order chi connectivity index (χ0) is 24.8. The van der Waals surface area contributed by atoms with Crippen LogP contribution in [0.25, 0.3) is 0 Å². The normalized spacial score (nSPS) is 15.0. The zero-order valence-corrected chi connectivity index (χ0v) is 20.6. The number of anilines is 1. The topological polar surface area (TPSA) is 67.7 Å². The van der Waals surface area contributed by atoms with E-state index in [0.29, 0.717) is 32.1 Å². The van der Waals surface area contributed by atoms with Crippen LogP contribution in [0.5, 0.6) is 0 Å². The summed E-state index contributed by atoms with van der Waals surface area (Å²) < 4.78 is 12.2. The first-order valence-corrected chi connectivity index (χ1v) is 12.4. The minimum absolute atomic E-state index is 0.0401. The Morgan fingerprint density at radius 2 is 1.33 bits per heavy atom. The van der Waals surface area contributed by atoms with Crippen molar-refractivity contribution in [1.82, 2.24) is 9.97 Å². The van der Waals surface area contributed by atoms with Gasteiger partial charge in [0.15, 0.2) is 5.82 Å². The van der Waals surface area contributed by atoms with Crippen LogP contribution in [0.1, 0.15) is 28.6 Å². The molecule has 1 N–H and O–H groups in total. The Bertz CT molecular complexity index is 1160. The minimum Gasteiger partial charge on any atom is -0.383 e. The molecule has 5 rings (SSSR count). The first-order chi connectivity index (χ1) is 17.7. The van der Waals surface area contributed by atoms with E-state index in [4.69, 9.17) is 21.1 Å². The lowest BCUT2D eigenvalue weighted by Crippen LogP contribution is -2.37. The van der Waals surface area contributed by atoms with Crippen molar-refractivity contribution < 1.29 is 14.6 Å². The molecule has 0 amide bonds. The van der Waals surface area contributed by atoms with Gasteiger partial charge in [-0.15, -0.1) is 0 Å². The standard InChI is InChI=1S/C29H28ClN3O3/c30-26-20-27(33-16-18-35-19-17-33)32-28(31-26)25(34)21-36-29(22-10-4-1-5-11-22,23-12-6-2-7-13-23)24-14-8-3-9-15-24/h1-15,20,25,34H,16-19,21H2. The van der Waals surface area contributed by atoms with Gasteiger partial charge in [-0.3, -0.25) is 0 Å². The van der Waals surface area contributed by atoms with E-state index < -0.39 is 11.7 Å². The van der Waals surface area contributed by atoms with Crippen LogP contribution in [0.3, 0.4) is 0 Å². The highest BCUT2D eigenvalue weighted by Gasteiger charge is 2.38. The highest BCUT2D eigenvalue weighted by atomic mass is 35.5. The highest BCUT2D eigenvalue weighted by molar-refractivity contribution is 6.29. The number of aliphatic hydroxyl groups excluding tert-OH is 1. The molecule has 36 heavy (non-hydrogen) atoms. The van der Waals surface area contributed by atoms with Gasteiger partial charge in [0.2, 0.25) is 0 Å². The van der Waals surface area contributed by atoms with Crippen LogP contribution >= 0.6 is 11.6 Å². The molecule has 0 saturated carbocycles. The van der Waals surface area contributed by atoms with E-state index in [1.807, 2.05) is 91.0 Å². The third-order valence-electron chi connectivity index (χ3n) is 6.33. The first-order valence-electron chi connectivity index (χ1n) is 12.0. The second-order valence-corrected chi connectivity index (χ2v) is 9.00. The molecule has 1 fully saturated rings. The van der Waals surface area contributed by atoms with Gasteiger partial charge in [-0.05, 0) is 16.7 Å². The zero-order valence-electron chi connectivity index (χ0n) is 19.8. The summed E-state index contributed by atoms with van der Waals surface area (Å²) in [4.78, 5) is 11.0. The molecule has 184 valence electrons. The van der Waals surface area contributed by atoms with E-state index in [-0.39, 0.29) is 17.6 Å². The van der Waals surface area contributed by atoms with Crippen molar-refractivity contribution in [2.24, 2.45) is 0 Å². The summed E-state index contributed by atoms with van der Waals surface area (Å²) >= 11 is 6.33. The van der Waals surface area contributed by atoms with Crippen LogP contribution in [-0.2, 0) is 15.1 Å². The van der Waals surface area contributed by atoms with Crippen molar-refractivity contribution in [1.29, 1.82) is 0 Å². The molecule has 1 aliphatic heterocycles. The fraction of sp³-hybridized carbons (Fsp3) is 0.241. The largest absolute Gasteiger partial charge is 0.383 e. The molecule has 0 spiro atoms. The summed E-state index contributed by atoms with van der Waals surface area (Å²) in [5, 5.41) is 11.5. The van der Waals surface area contributed by atoms with Crippen molar-refractivity contribution in [3.63, 3.8) is 0 Å². The summed E-state index contributed by atoms with van der Waals surface area (Å²) in [5.74, 6) is 0.903. The van der Waals surface area contributed by atoms with E-state index >= 15 is 0 Å². The third kappa shape index (κ3) is 5.13. The van der Waals surface area contributed by atoms with E-state index in [1.54, 1.807) is 6.07 Å². The Hall–Kier alpha value is -3.29. The van der Waals surface area contributed by atoms with Gasteiger partial charge in [0.1, 0.15) is 22.7 Å². The van der Waals surface area contributed by atoms with Gasteiger partial charge < -0.3 is 19.5 Å². The summed E-state index contributed by atoms with van der Waals surface area (Å²) in [6.45, 7) is 2.62. The fourth-order valence-corrected chi connectivity index (χ4v) is 4.76. The fourth-order valence-electron chi connectivity index (χ4n) is 4.57. The quantitative estimate of drug-likeness (QED) is 0.270. The van der Waals surface area contributed by atoms with Crippen molar-refractivity contribution in [2.75, 3.05) is 37.8 Å². The molecule has 1 unspecified atom stereocenters. The van der Waals surface area contributed by atoms with Crippen molar-refractivity contribution in [3.8, 4) is 0 Å². The monoisotopic (exact) mass is 501 g/mol. The van der Waals surface area contributed by atoms with Gasteiger partial charge in [-0.2, -0.15) is 0 Å². The van der Waals surface area contributed by atoms with E-state index in [2.05, 4.69) is 14.9 Å². The second kappa shape index (κ2) is 11.2. The molecule has 7 heteroatoms. The SMILES string of the molecule is OC(COC(c1ccccc1)(c1ccccc1)c1ccccc1)c1nc(Cl)cc(N2CCOCC2)n1. The van der Waals surface area contributed by atoms with Crippen LogP contribution in [0.15, 0.2) is 97.1 Å². The molecule has 3 aromatic carbocycles. The summed E-state index contributed by atoms with van der Waals surface area (Å²) in [5.41, 5.74) is 1.91. The molecule has 2 heterocycles. The number of hydrogen-bond acceptors (Lipinski definition) is 6. The predicted octanol–water partition coefficient (Wildman–Crippen LogP) is 5.01. The maximum atomic E-state index is 11.2. The molecule has 0 bridgehead atoms. The number of halogens is 1. The molecule has 4 aromatic rings. The number of aliphatic hydroxyl groups is 1. The van der Waals surface area contributed by atoms with Gasteiger partial charge >= 0.3 is 0 Å². The molecule has 1 aliphatic rings. The maximum absolute atomic E-state index is 11.2. The summed E-state index contributed by atoms with van der Waals surface area (Å²) in [6.07, 6.45) is -1.08. The lowest BCUT2D eigenvalue weighted by molar-refractivity contribution is -0.0414. The number of nitrogens with zero attached hydrogens (tertiary/aromatic N) is 3. The number of ether oxygens (including phenoxy) is 2. The summed E-state index contributed by atoms with van der Waals surface area (Å²) in [7, 11) is 0. The van der Waals surface area contributed by atoms with Gasteiger partial charge in [0.25, 0.3) is 0 Å². The lowest BCUT2D eigenvalue weighted by Gasteiger charge is -2.36. The Labute approximate surface area is 216 Å². The van der Waals surface area contributed by atoms with Gasteiger partial charge in [0.05, 0.1) is 19.8 Å². The Kier molecular flexibility index (Phi) is 7.58. The average molecular weight is 502 g/mol. The third-order valence-corrected chi connectivity index (χ3v) is 6.52. The minimum atomic E-state index is -1.08. The number of benzene rings is 3. The first kappa shape index (κ1) is 24.4. The Morgan fingerprint density at radius 1 is 0.833 bits per heavy atom. The van der Waals surface area contributed by atoms with E-state index in [9.17, 15) is 5.11 Å². The Balaban J connectivity index is 1.51. The molecular formula is C29H28ClN3O3. The second-order valence-electron chi connectivity index (χ2n) is 8.61. The number of morpholine rings is 1. The van der Waals surface area contributed by atoms with Crippen molar-refractivity contribution in [2.45, 2.75) is 11.7 Å². The van der Waals surface area contributed by atoms with Crippen LogP contribution in [-0.4, -0.2) is 48.0 Å². The number of rotatable bonds is 8. The van der Waals surface area contributed by atoms with Crippen LogP contribution in [0.4, 0.5) is 5.82 Å². The average Bonchev–Trinajstić information content (AvgIpc) is 2.95. The van der Waals surface area contributed by atoms with Crippen LogP contribution in [0.2, 0.25) is 5.15 Å². The van der Waals surface area contributed by atoms with Crippen LogP contribution in [0, 0.1) is 0 Å². The van der Waals surface area contributed by atoms with Crippen molar-refractivity contribution in [3.05, 3.63) is 125 Å². The molecule has 6 nitrogen and oxygen atoms in total. The molecule has 0 radical (unpaired) electrons. The molecule has 0 aliphatic carbocycles. The Morgan fingerprint density at radius 3 is 1.83 bits per heavy atom. The van der Waals surface area contributed by atoms with Gasteiger partial charge in [-0.1, -0.05) is 103 Å². The number of aromatic nitrogens is 2.